The van der Waals surface area contributed by atoms with Gasteiger partial charge in [0.2, 0.25) is 5.91 Å². The molecule has 0 aliphatic heterocycles. The van der Waals surface area contributed by atoms with Gasteiger partial charge in [-0.15, -0.1) is 12.4 Å². The van der Waals surface area contributed by atoms with Gasteiger partial charge in [0.1, 0.15) is 0 Å². The van der Waals surface area contributed by atoms with E-state index in [1.165, 1.54) is 18.4 Å². The second kappa shape index (κ2) is 8.54. The van der Waals surface area contributed by atoms with Gasteiger partial charge < -0.3 is 11.1 Å². The topological polar surface area (TPSA) is 55.1 Å². The maximum atomic E-state index is 12.2. The van der Waals surface area contributed by atoms with Crippen LogP contribution in [0, 0.1) is 5.92 Å². The number of nitrogens with two attached hydrogens (primary N) is 1. The number of nitrogens with one attached hydrogen (secondary N) is 1. The van der Waals surface area contributed by atoms with Crippen molar-refractivity contribution in [3.05, 3.63) is 35.9 Å². The molecule has 0 spiro atoms. The van der Waals surface area contributed by atoms with Crippen molar-refractivity contribution >= 4 is 18.3 Å². The average Bonchev–Trinajstić information content (AvgIpc) is 2.95. The highest BCUT2D eigenvalue weighted by Gasteiger charge is 2.36. The first-order chi connectivity index (χ1) is 10.0. The Labute approximate surface area is 140 Å². The number of hydrogen-bond donors (Lipinski definition) is 2. The van der Waals surface area contributed by atoms with Crippen molar-refractivity contribution in [1.29, 1.82) is 0 Å². The second-order valence-electron chi connectivity index (χ2n) is 6.81. The van der Waals surface area contributed by atoms with Crippen LogP contribution in [0.1, 0.15) is 51.5 Å². The first-order valence-corrected chi connectivity index (χ1v) is 8.12. The third kappa shape index (κ3) is 4.72. The van der Waals surface area contributed by atoms with Crippen molar-refractivity contribution in [3.63, 3.8) is 0 Å². The summed E-state index contributed by atoms with van der Waals surface area (Å²) in [6.45, 7) is 4.90. The molecule has 1 aliphatic carbocycles. The van der Waals surface area contributed by atoms with E-state index in [0.717, 1.165) is 19.3 Å². The number of carbonyl (C=O) groups is 1. The Kier molecular flexibility index (Phi) is 7.37. The molecule has 3 nitrogen and oxygen atoms in total. The number of carbonyl (C=O) groups excluding carboxylic acids is 1. The molecule has 0 bridgehead atoms. The Hall–Kier alpha value is -1.06. The van der Waals surface area contributed by atoms with E-state index in [9.17, 15) is 4.79 Å². The van der Waals surface area contributed by atoms with E-state index in [2.05, 4.69) is 43.4 Å². The standard InChI is InChI=1S/C18H28N2O.ClH/c1-14(2)12-16(19)17(21)20-13-18(10-6-7-11-18)15-8-4-3-5-9-15;/h3-5,8-9,14,16H,6-7,10-13,19H2,1-2H3,(H,20,21);1H/t16-;/m0./s1. The van der Waals surface area contributed by atoms with Crippen molar-refractivity contribution < 1.29 is 4.79 Å². The third-order valence-electron chi connectivity index (χ3n) is 4.61. The smallest absolute Gasteiger partial charge is 0.236 e. The van der Waals surface area contributed by atoms with Gasteiger partial charge in [0.25, 0.3) is 0 Å². The molecule has 0 saturated heterocycles. The summed E-state index contributed by atoms with van der Waals surface area (Å²) in [6.07, 6.45) is 5.52. The van der Waals surface area contributed by atoms with E-state index in [-0.39, 0.29) is 29.8 Å². The number of hydrogen-bond acceptors (Lipinski definition) is 2. The zero-order valence-electron chi connectivity index (χ0n) is 13.7. The van der Waals surface area contributed by atoms with Gasteiger partial charge in [0, 0.05) is 12.0 Å². The Morgan fingerprint density at radius 3 is 2.36 bits per heavy atom. The number of amides is 1. The van der Waals surface area contributed by atoms with E-state index < -0.39 is 0 Å². The molecule has 0 radical (unpaired) electrons. The molecule has 4 heteroatoms. The zero-order valence-corrected chi connectivity index (χ0v) is 14.5. The van der Waals surface area contributed by atoms with Gasteiger partial charge in [-0.05, 0) is 30.7 Å². The minimum absolute atomic E-state index is 0. The molecule has 124 valence electrons. The monoisotopic (exact) mass is 324 g/mol. The predicted molar refractivity (Wildman–Crippen MR) is 94.3 cm³/mol. The Morgan fingerprint density at radius 2 is 1.82 bits per heavy atom. The summed E-state index contributed by atoms with van der Waals surface area (Å²) in [4.78, 5) is 12.2. The molecule has 2 rings (SSSR count). The highest BCUT2D eigenvalue weighted by molar-refractivity contribution is 5.85. The van der Waals surface area contributed by atoms with Crippen molar-refractivity contribution in [2.24, 2.45) is 11.7 Å². The SMILES string of the molecule is CC(C)C[C@H](N)C(=O)NCC1(c2ccccc2)CCCC1.Cl. The Bertz CT molecular complexity index is 455. The van der Waals surface area contributed by atoms with Crippen LogP contribution >= 0.6 is 12.4 Å². The molecule has 1 aromatic carbocycles. The fraction of sp³-hybridized carbons (Fsp3) is 0.611. The quantitative estimate of drug-likeness (QED) is 0.842. The highest BCUT2D eigenvalue weighted by atomic mass is 35.5. The van der Waals surface area contributed by atoms with Gasteiger partial charge in [-0.3, -0.25) is 4.79 Å². The molecule has 0 unspecified atom stereocenters. The van der Waals surface area contributed by atoms with Gasteiger partial charge in [-0.25, -0.2) is 0 Å². The number of benzene rings is 1. The van der Waals surface area contributed by atoms with Crippen molar-refractivity contribution in [3.8, 4) is 0 Å². The summed E-state index contributed by atoms with van der Waals surface area (Å²) in [6, 6.07) is 10.2. The maximum Gasteiger partial charge on any atom is 0.236 e. The molecule has 1 fully saturated rings. The van der Waals surface area contributed by atoms with Crippen molar-refractivity contribution in [2.45, 2.75) is 57.4 Å². The van der Waals surface area contributed by atoms with Gasteiger partial charge in [-0.2, -0.15) is 0 Å². The molecule has 3 N–H and O–H groups in total. The highest BCUT2D eigenvalue weighted by Crippen LogP contribution is 2.40. The van der Waals surface area contributed by atoms with Crippen LogP contribution in [0.5, 0.6) is 0 Å². The van der Waals surface area contributed by atoms with Crippen LogP contribution in [0.3, 0.4) is 0 Å². The molecule has 0 heterocycles. The van der Waals surface area contributed by atoms with E-state index in [1.54, 1.807) is 0 Å². The van der Waals surface area contributed by atoms with Gasteiger partial charge in [0.05, 0.1) is 6.04 Å². The third-order valence-corrected chi connectivity index (χ3v) is 4.61. The second-order valence-corrected chi connectivity index (χ2v) is 6.81. The lowest BCUT2D eigenvalue weighted by Crippen LogP contribution is -2.46. The van der Waals surface area contributed by atoms with E-state index in [1.807, 2.05) is 6.07 Å². The van der Waals surface area contributed by atoms with Crippen LogP contribution in [-0.4, -0.2) is 18.5 Å². The zero-order chi connectivity index (χ0) is 15.3. The van der Waals surface area contributed by atoms with E-state index in [0.29, 0.717) is 12.5 Å². The maximum absolute atomic E-state index is 12.2. The van der Waals surface area contributed by atoms with Crippen LogP contribution in [0.4, 0.5) is 0 Å². The normalized spacial score (nSPS) is 17.8. The van der Waals surface area contributed by atoms with Gasteiger partial charge in [-0.1, -0.05) is 57.0 Å². The Balaban J connectivity index is 0.00000242. The van der Waals surface area contributed by atoms with Crippen LogP contribution in [0.15, 0.2) is 30.3 Å². The van der Waals surface area contributed by atoms with Crippen LogP contribution < -0.4 is 11.1 Å². The molecular weight excluding hydrogens is 296 g/mol. The largest absolute Gasteiger partial charge is 0.354 e. The minimum atomic E-state index is -0.390. The molecule has 1 aromatic rings. The number of halogens is 1. The van der Waals surface area contributed by atoms with Gasteiger partial charge >= 0.3 is 0 Å². The fourth-order valence-corrected chi connectivity index (χ4v) is 3.41. The van der Waals surface area contributed by atoms with Crippen molar-refractivity contribution in [2.75, 3.05) is 6.54 Å². The number of rotatable bonds is 6. The molecule has 1 aliphatic rings. The first-order valence-electron chi connectivity index (χ1n) is 8.12. The lowest BCUT2D eigenvalue weighted by atomic mass is 9.79. The fourth-order valence-electron chi connectivity index (χ4n) is 3.41. The van der Waals surface area contributed by atoms with Crippen LogP contribution in [-0.2, 0) is 10.2 Å². The molecule has 22 heavy (non-hydrogen) atoms. The van der Waals surface area contributed by atoms with Crippen LogP contribution in [0.25, 0.3) is 0 Å². The van der Waals surface area contributed by atoms with Crippen LogP contribution in [0.2, 0.25) is 0 Å². The minimum Gasteiger partial charge on any atom is -0.354 e. The van der Waals surface area contributed by atoms with Gasteiger partial charge in [0.15, 0.2) is 0 Å². The predicted octanol–water partition coefficient (Wildman–Crippen LogP) is 3.41. The summed E-state index contributed by atoms with van der Waals surface area (Å²) < 4.78 is 0. The lowest BCUT2D eigenvalue weighted by molar-refractivity contribution is -0.123. The summed E-state index contributed by atoms with van der Waals surface area (Å²) in [5.41, 5.74) is 7.43. The molecule has 1 atom stereocenters. The summed E-state index contributed by atoms with van der Waals surface area (Å²) >= 11 is 0. The molecule has 0 aromatic heterocycles. The average molecular weight is 325 g/mol. The van der Waals surface area contributed by atoms with Crippen molar-refractivity contribution in [1.82, 2.24) is 5.32 Å². The summed E-state index contributed by atoms with van der Waals surface area (Å²) in [5.74, 6) is 0.436. The lowest BCUT2D eigenvalue weighted by Gasteiger charge is -2.30. The molecular formula is C18H29ClN2O. The Morgan fingerprint density at radius 1 is 1.23 bits per heavy atom. The summed E-state index contributed by atoms with van der Waals surface area (Å²) in [5, 5.41) is 3.11. The molecule has 1 saturated carbocycles. The summed E-state index contributed by atoms with van der Waals surface area (Å²) in [7, 11) is 0. The molecule has 1 amide bonds. The van der Waals surface area contributed by atoms with E-state index >= 15 is 0 Å². The van der Waals surface area contributed by atoms with E-state index in [4.69, 9.17) is 5.73 Å². The first kappa shape index (κ1) is 19.0.